The minimum atomic E-state index is 0. The molecule has 0 aromatic rings. The van der Waals surface area contributed by atoms with Gasteiger partial charge in [0.25, 0.3) is 0 Å². The molecule has 1 atom stereocenters. The second kappa shape index (κ2) is 102. The summed E-state index contributed by atoms with van der Waals surface area (Å²) in [5.41, 5.74) is 0. The standard InChI is InChI=1S/AsH3.Ba.5H2O/h1H3;;5*1H2/q;+2;;;;;/p-2. The van der Waals surface area contributed by atoms with Gasteiger partial charge in [0.15, 0.2) is 0 Å². The quantitative estimate of drug-likeness (QED) is 0.414. The molecule has 0 radical (unpaired) electrons. The minimum Gasteiger partial charge on any atom is -0.870 e. The van der Waals surface area contributed by atoms with Crippen molar-refractivity contribution in [3.8, 4) is 0 Å². The van der Waals surface area contributed by atoms with Crippen molar-refractivity contribution in [1.29, 1.82) is 0 Å². The maximum atomic E-state index is 0. The van der Waals surface area contributed by atoms with Crippen LogP contribution in [0.2, 0.25) is 0 Å². The summed E-state index contributed by atoms with van der Waals surface area (Å²) in [4.78, 5) is 0. The molecule has 0 aliphatic rings. The molecule has 48 valence electrons. The summed E-state index contributed by atoms with van der Waals surface area (Å²) in [5, 5.41) is 0. The van der Waals surface area contributed by atoms with Gasteiger partial charge in [-0.15, -0.1) is 0 Å². The summed E-state index contributed by atoms with van der Waals surface area (Å²) in [6.07, 6.45) is 0. The van der Waals surface area contributed by atoms with Crippen LogP contribution in [0.25, 0.3) is 0 Å². The van der Waals surface area contributed by atoms with Gasteiger partial charge in [-0.1, -0.05) is 0 Å². The molecule has 7 heavy (non-hydrogen) atoms. The maximum absolute atomic E-state index is 0. The van der Waals surface area contributed by atoms with Gasteiger partial charge in [-0.25, -0.2) is 0 Å². The largest absolute Gasteiger partial charge is 2.00 e. The number of hydrogen-bond donors (Lipinski definition) is 0. The van der Waals surface area contributed by atoms with Gasteiger partial charge in [-0.2, -0.15) is 0 Å². The molecule has 0 aromatic heterocycles. The molecule has 0 spiro atoms. The maximum Gasteiger partial charge on any atom is 2.00 e. The van der Waals surface area contributed by atoms with Gasteiger partial charge in [0, 0.05) is 0 Å². The molecule has 0 bridgehead atoms. The summed E-state index contributed by atoms with van der Waals surface area (Å²) in [5.74, 6) is 0. The minimum absolute atomic E-state index is 0. The smallest absolute Gasteiger partial charge is 0.870 e. The van der Waals surface area contributed by atoms with E-state index in [4.69, 9.17) is 0 Å². The van der Waals surface area contributed by atoms with E-state index in [9.17, 15) is 0 Å². The van der Waals surface area contributed by atoms with E-state index >= 15 is 0 Å². The average Bonchev–Trinajstić information content (AvgIpc) is 0. The summed E-state index contributed by atoms with van der Waals surface area (Å²) >= 11 is 0. The Morgan fingerprint density at radius 3 is 0.571 bits per heavy atom. The summed E-state index contributed by atoms with van der Waals surface area (Å²) in [6.45, 7) is 0. The molecule has 0 fully saturated rings. The first-order valence-corrected chi connectivity index (χ1v) is 0. The van der Waals surface area contributed by atoms with E-state index < -0.39 is 0 Å². The summed E-state index contributed by atoms with van der Waals surface area (Å²) in [7, 11) is 0. The molecule has 0 aliphatic heterocycles. The Labute approximate surface area is 92.8 Å². The fourth-order valence-corrected chi connectivity index (χ4v) is 0. The monoisotopic (exact) mass is 304 g/mol. The molecule has 0 saturated carbocycles. The van der Waals surface area contributed by atoms with Gasteiger partial charge in [0.1, 0.15) is 0 Å². The second-order valence-electron chi connectivity index (χ2n) is 0. The van der Waals surface area contributed by atoms with E-state index in [2.05, 4.69) is 0 Å². The van der Waals surface area contributed by atoms with Crippen LogP contribution in [-0.2, 0) is 0 Å². The Balaban J connectivity index is 0. The van der Waals surface area contributed by atoms with Crippen LogP contribution in [0.4, 0.5) is 0 Å². The van der Waals surface area contributed by atoms with Gasteiger partial charge in [0.05, 0.1) is 0 Å². The topological polar surface area (TPSA) is 154 Å². The van der Waals surface area contributed by atoms with Crippen LogP contribution in [0.15, 0.2) is 0 Å². The van der Waals surface area contributed by atoms with E-state index in [1.165, 1.54) is 0 Å². The Morgan fingerprint density at radius 2 is 0.571 bits per heavy atom. The van der Waals surface area contributed by atoms with Crippen LogP contribution in [0.3, 0.4) is 0 Å². The molecule has 0 rings (SSSR count). The number of rotatable bonds is 0. The van der Waals surface area contributed by atoms with Crippen molar-refractivity contribution in [2.24, 2.45) is 0 Å². The predicted molar refractivity (Wildman–Crippen MR) is 30.4 cm³/mol. The van der Waals surface area contributed by atoms with Crippen molar-refractivity contribution in [1.82, 2.24) is 0 Å². The third-order valence-electron chi connectivity index (χ3n) is 0. The zero-order valence-corrected chi connectivity index (χ0v) is 11.2. The van der Waals surface area contributed by atoms with Crippen LogP contribution in [-0.4, -0.2) is 94.2 Å². The van der Waals surface area contributed by atoms with Gasteiger partial charge < -0.3 is 27.4 Å². The van der Waals surface area contributed by atoms with Gasteiger partial charge >= 0.3 is 66.8 Å². The molecule has 7 heteroatoms. The molecule has 5 nitrogen and oxygen atoms in total. The normalized spacial score (nSPS) is 0. The molecular weight excluding hydrogens is 292 g/mol. The first-order chi connectivity index (χ1) is 0. The molecule has 0 amide bonds. The number of hydrogen-bond acceptors (Lipinski definition) is 2. The van der Waals surface area contributed by atoms with E-state index in [1.807, 2.05) is 0 Å². The van der Waals surface area contributed by atoms with Gasteiger partial charge in [0.2, 0.25) is 0 Å². The SMILES string of the molecule is O.O.O.[AsH3].[Ba+2].[OH-].[OH-]. The Kier molecular flexibility index (Phi) is 2200. The third kappa shape index (κ3) is 74.9. The summed E-state index contributed by atoms with van der Waals surface area (Å²) < 4.78 is 0. The van der Waals surface area contributed by atoms with Crippen molar-refractivity contribution >= 4 is 66.8 Å². The third-order valence-corrected chi connectivity index (χ3v) is 0. The van der Waals surface area contributed by atoms with Crippen LogP contribution >= 0.6 is 0 Å². The van der Waals surface area contributed by atoms with Crippen molar-refractivity contribution in [3.63, 3.8) is 0 Å². The van der Waals surface area contributed by atoms with Crippen molar-refractivity contribution < 1.29 is 27.4 Å². The van der Waals surface area contributed by atoms with E-state index in [-0.39, 0.29) is 94.2 Å². The van der Waals surface area contributed by atoms with Crippen molar-refractivity contribution in [2.45, 2.75) is 0 Å². The first-order valence-electron chi connectivity index (χ1n) is 0. The predicted octanol–water partition coefficient (Wildman–Crippen LogP) is -4.39. The zero-order valence-electron chi connectivity index (χ0n) is 3.81. The molecule has 0 aromatic carbocycles. The van der Waals surface area contributed by atoms with Gasteiger partial charge in [-0.05, 0) is 0 Å². The Bertz CT molecular complexity index is 8.04. The molecule has 1 unspecified atom stereocenters. The van der Waals surface area contributed by atoms with Crippen LogP contribution in [0, 0.1) is 0 Å². The molecule has 0 saturated heterocycles. The van der Waals surface area contributed by atoms with Crippen LogP contribution in [0.5, 0.6) is 0 Å². The molecule has 0 aliphatic carbocycles. The van der Waals surface area contributed by atoms with Crippen LogP contribution in [0.1, 0.15) is 0 Å². The van der Waals surface area contributed by atoms with Crippen molar-refractivity contribution in [2.75, 3.05) is 0 Å². The van der Waals surface area contributed by atoms with E-state index in [0.717, 1.165) is 0 Å². The van der Waals surface area contributed by atoms with Crippen molar-refractivity contribution in [3.05, 3.63) is 0 Å². The summed E-state index contributed by atoms with van der Waals surface area (Å²) in [6, 6.07) is 0. The fraction of sp³-hybridized carbons (Fsp3) is 0. The average molecular weight is 303 g/mol. The van der Waals surface area contributed by atoms with E-state index in [0.29, 0.717) is 0 Å². The molecule has 0 heterocycles. The molecular formula is H11AsBaO5. The van der Waals surface area contributed by atoms with Gasteiger partial charge in [-0.3, -0.25) is 0 Å². The Morgan fingerprint density at radius 1 is 0.571 bits per heavy atom. The second-order valence-corrected chi connectivity index (χ2v) is 0. The zero-order chi connectivity index (χ0) is 0. The van der Waals surface area contributed by atoms with Crippen LogP contribution < -0.4 is 0 Å². The fourth-order valence-electron chi connectivity index (χ4n) is 0. The van der Waals surface area contributed by atoms with E-state index in [1.54, 1.807) is 0 Å². The Hall–Kier alpha value is 1.93. The molecule has 8 N–H and O–H groups in total. The first kappa shape index (κ1) is 151.